The van der Waals surface area contributed by atoms with E-state index in [9.17, 15) is 4.79 Å². The minimum absolute atomic E-state index is 0.129. The molecule has 1 aromatic heterocycles. The molecular weight excluding hydrogens is 426 g/mol. The molecule has 0 radical (unpaired) electrons. The fraction of sp³-hybridized carbons (Fsp3) is 0.593. The van der Waals surface area contributed by atoms with Crippen LogP contribution in [0.25, 0.3) is 11.4 Å². The highest BCUT2D eigenvalue weighted by atomic mass is 16.5. The third-order valence-corrected chi connectivity index (χ3v) is 7.67. The largest absolute Gasteiger partial charge is 0.496 e. The van der Waals surface area contributed by atoms with Gasteiger partial charge in [0.2, 0.25) is 0 Å². The van der Waals surface area contributed by atoms with Gasteiger partial charge in [0.1, 0.15) is 23.0 Å². The second-order valence-corrected chi connectivity index (χ2v) is 9.71. The lowest BCUT2D eigenvalue weighted by molar-refractivity contribution is 0.416. The molecule has 0 amide bonds. The Morgan fingerprint density at radius 2 is 1.97 bits per heavy atom. The van der Waals surface area contributed by atoms with Gasteiger partial charge in [-0.05, 0) is 50.2 Å². The smallest absolute Gasteiger partial charge is 0.262 e. The van der Waals surface area contributed by atoms with Crippen molar-refractivity contribution in [3.05, 3.63) is 34.1 Å². The van der Waals surface area contributed by atoms with Crippen molar-refractivity contribution in [3.8, 4) is 17.1 Å². The van der Waals surface area contributed by atoms with Crippen LogP contribution in [0.2, 0.25) is 0 Å². The van der Waals surface area contributed by atoms with Gasteiger partial charge in [0, 0.05) is 37.8 Å². The Morgan fingerprint density at radius 3 is 2.68 bits per heavy atom. The van der Waals surface area contributed by atoms with Gasteiger partial charge in [-0.15, -0.1) is 0 Å². The Balaban J connectivity index is 1.64. The fourth-order valence-corrected chi connectivity index (χ4v) is 5.53. The molecule has 7 nitrogen and oxygen atoms in total. The van der Waals surface area contributed by atoms with Crippen molar-refractivity contribution in [3.63, 3.8) is 0 Å². The van der Waals surface area contributed by atoms with Crippen molar-refractivity contribution in [2.45, 2.75) is 64.7 Å². The van der Waals surface area contributed by atoms with Gasteiger partial charge in [-0.3, -0.25) is 4.79 Å². The first-order chi connectivity index (χ1) is 16.5. The van der Waals surface area contributed by atoms with Crippen LogP contribution >= 0.6 is 0 Å². The number of rotatable bonds is 7. The molecule has 7 heteroatoms. The van der Waals surface area contributed by atoms with Gasteiger partial charge < -0.3 is 25.3 Å². The molecule has 1 unspecified atom stereocenters. The standard InChI is InChI=1S/C27H39N5O2/c1-4-18-9-8-15-32(16-14-18)20-12-13-21(22(17-20)34-3)25-30-26(29-2)23(27(33)31-25)24(28)19-10-6-5-7-11-19/h12-13,17-19,28H,4-11,14-16H2,1-3H3,(H2,29,30,31,33). The Kier molecular flexibility index (Phi) is 7.91. The van der Waals surface area contributed by atoms with Crippen molar-refractivity contribution in [2.75, 3.05) is 37.5 Å². The summed E-state index contributed by atoms with van der Waals surface area (Å²) in [7, 11) is 3.41. The Bertz CT molecular complexity index is 1060. The van der Waals surface area contributed by atoms with Crippen molar-refractivity contribution in [1.82, 2.24) is 9.97 Å². The maximum atomic E-state index is 13.2. The Hall–Kier alpha value is -2.83. The van der Waals surface area contributed by atoms with Crippen molar-refractivity contribution >= 4 is 17.2 Å². The third kappa shape index (κ3) is 5.13. The molecule has 1 aliphatic carbocycles. The molecule has 1 aliphatic heterocycles. The van der Waals surface area contributed by atoms with Crippen LogP contribution in [-0.4, -0.2) is 42.9 Å². The SMILES string of the molecule is CCC1CCCN(c2ccc(-c3nc(NC)c(C(=N)C4CCCCC4)c(=O)[nH]3)c(OC)c2)CC1. The van der Waals surface area contributed by atoms with Crippen LogP contribution in [0.4, 0.5) is 11.5 Å². The molecular formula is C27H39N5O2. The van der Waals surface area contributed by atoms with E-state index in [1.165, 1.54) is 32.1 Å². The highest BCUT2D eigenvalue weighted by molar-refractivity contribution is 6.03. The number of nitrogens with one attached hydrogen (secondary N) is 3. The van der Waals surface area contributed by atoms with Gasteiger partial charge in [0.15, 0.2) is 0 Å². The molecule has 2 aliphatic rings. The van der Waals surface area contributed by atoms with E-state index in [4.69, 9.17) is 15.1 Å². The molecule has 2 fully saturated rings. The summed E-state index contributed by atoms with van der Waals surface area (Å²) in [5.74, 6) is 2.54. The molecule has 3 N–H and O–H groups in total. The Labute approximate surface area is 202 Å². The van der Waals surface area contributed by atoms with Crippen LogP contribution in [0.15, 0.2) is 23.0 Å². The van der Waals surface area contributed by atoms with E-state index in [0.29, 0.717) is 28.7 Å². The number of aromatic amines is 1. The molecule has 0 spiro atoms. The lowest BCUT2D eigenvalue weighted by Gasteiger charge is -2.24. The molecule has 184 valence electrons. The van der Waals surface area contributed by atoms with Crippen LogP contribution < -0.4 is 20.5 Å². The quantitative estimate of drug-likeness (QED) is 0.473. The van der Waals surface area contributed by atoms with Crippen LogP contribution in [-0.2, 0) is 0 Å². The van der Waals surface area contributed by atoms with E-state index >= 15 is 0 Å². The number of anilines is 2. The van der Waals surface area contributed by atoms with Gasteiger partial charge in [0.25, 0.3) is 5.56 Å². The minimum atomic E-state index is -0.269. The van der Waals surface area contributed by atoms with Crippen molar-refractivity contribution < 1.29 is 4.74 Å². The number of hydrogen-bond donors (Lipinski definition) is 3. The van der Waals surface area contributed by atoms with E-state index in [0.717, 1.165) is 55.9 Å². The molecule has 2 aromatic rings. The minimum Gasteiger partial charge on any atom is -0.496 e. The summed E-state index contributed by atoms with van der Waals surface area (Å²) >= 11 is 0. The summed E-state index contributed by atoms with van der Waals surface area (Å²) in [4.78, 5) is 23.3. The van der Waals surface area contributed by atoms with Gasteiger partial charge in [-0.1, -0.05) is 32.6 Å². The summed E-state index contributed by atoms with van der Waals surface area (Å²) in [5.41, 5.74) is 2.39. The summed E-state index contributed by atoms with van der Waals surface area (Å²) in [6.07, 6.45) is 10.3. The lowest BCUT2D eigenvalue weighted by atomic mass is 9.83. The number of ether oxygens (including phenoxy) is 1. The number of benzene rings is 1. The van der Waals surface area contributed by atoms with E-state index < -0.39 is 0 Å². The first kappa shape index (κ1) is 24.3. The van der Waals surface area contributed by atoms with Crippen LogP contribution in [0.1, 0.15) is 70.3 Å². The van der Waals surface area contributed by atoms with Gasteiger partial charge in [-0.2, -0.15) is 0 Å². The predicted molar refractivity (Wildman–Crippen MR) is 140 cm³/mol. The number of hydrogen-bond acceptors (Lipinski definition) is 6. The monoisotopic (exact) mass is 465 g/mol. The highest BCUT2D eigenvalue weighted by Crippen LogP contribution is 2.34. The zero-order valence-corrected chi connectivity index (χ0v) is 20.9. The van der Waals surface area contributed by atoms with Crippen molar-refractivity contribution in [1.29, 1.82) is 5.41 Å². The average molecular weight is 466 g/mol. The first-order valence-electron chi connectivity index (χ1n) is 12.9. The molecule has 0 bridgehead atoms. The fourth-order valence-electron chi connectivity index (χ4n) is 5.53. The van der Waals surface area contributed by atoms with E-state index in [1.54, 1.807) is 14.2 Å². The van der Waals surface area contributed by atoms with Gasteiger partial charge in [-0.25, -0.2) is 4.98 Å². The summed E-state index contributed by atoms with van der Waals surface area (Å²) < 4.78 is 5.74. The third-order valence-electron chi connectivity index (χ3n) is 7.67. The molecule has 1 saturated heterocycles. The maximum Gasteiger partial charge on any atom is 0.262 e. The van der Waals surface area contributed by atoms with Crippen LogP contribution in [0, 0.1) is 17.2 Å². The zero-order valence-electron chi connectivity index (χ0n) is 20.9. The normalized spacial score (nSPS) is 19.5. The molecule has 34 heavy (non-hydrogen) atoms. The number of methoxy groups -OCH3 is 1. The van der Waals surface area contributed by atoms with Gasteiger partial charge in [0.05, 0.1) is 18.4 Å². The average Bonchev–Trinajstić information content (AvgIpc) is 3.13. The molecule has 1 atom stereocenters. The van der Waals surface area contributed by atoms with E-state index in [2.05, 4.69) is 34.3 Å². The second-order valence-electron chi connectivity index (χ2n) is 9.71. The van der Waals surface area contributed by atoms with Crippen LogP contribution in [0.3, 0.4) is 0 Å². The molecule has 2 heterocycles. The molecule has 1 saturated carbocycles. The molecule has 4 rings (SSSR count). The van der Waals surface area contributed by atoms with Gasteiger partial charge >= 0.3 is 0 Å². The summed E-state index contributed by atoms with van der Waals surface area (Å²) in [6, 6.07) is 6.14. The maximum absolute atomic E-state index is 13.2. The number of nitrogens with zero attached hydrogens (tertiary/aromatic N) is 2. The van der Waals surface area contributed by atoms with Crippen LogP contribution in [0.5, 0.6) is 5.75 Å². The van der Waals surface area contributed by atoms with Crippen molar-refractivity contribution in [2.24, 2.45) is 11.8 Å². The molecule has 1 aromatic carbocycles. The number of aromatic nitrogens is 2. The zero-order chi connectivity index (χ0) is 24.1. The Morgan fingerprint density at radius 1 is 1.18 bits per heavy atom. The van der Waals surface area contributed by atoms with E-state index in [-0.39, 0.29) is 11.5 Å². The summed E-state index contributed by atoms with van der Waals surface area (Å²) in [5, 5.41) is 11.8. The number of H-pyrrole nitrogens is 1. The summed E-state index contributed by atoms with van der Waals surface area (Å²) in [6.45, 7) is 4.39. The van der Waals surface area contributed by atoms with E-state index in [1.807, 2.05) is 6.07 Å². The first-order valence-corrected chi connectivity index (χ1v) is 12.9. The topological polar surface area (TPSA) is 94.1 Å². The highest BCUT2D eigenvalue weighted by Gasteiger charge is 2.25. The second kappa shape index (κ2) is 11.1. The lowest BCUT2D eigenvalue weighted by Crippen LogP contribution is -2.28. The predicted octanol–water partition coefficient (Wildman–Crippen LogP) is 5.45.